The zero-order chi connectivity index (χ0) is 24.4. The zero-order valence-corrected chi connectivity index (χ0v) is 20.5. The highest BCUT2D eigenvalue weighted by atomic mass is 32.2. The minimum Gasteiger partial charge on any atom is -0.493 e. The average Bonchev–Trinajstić information content (AvgIpc) is 3.10. The van der Waals surface area contributed by atoms with Gasteiger partial charge in [-0.1, -0.05) is 18.2 Å². The number of aryl methyl sites for hydroxylation is 1. The molecule has 0 heterocycles. The zero-order valence-electron chi connectivity index (χ0n) is 19.6. The standard InChI is InChI=1S/C27H27NO5S/c1-31-22-13-16-8-9-18(15-6-5-7-17(12-15)27(28)30)20-14-21(29)23(34-4)11-10-19(20)24(16)26(33-3)25(22)32-2/h5-7,10-14,18H,8-9H2,1-4H3,(H2,28,30). The van der Waals surface area contributed by atoms with Crippen LogP contribution >= 0.6 is 11.8 Å². The average molecular weight is 478 g/mol. The highest BCUT2D eigenvalue weighted by Gasteiger charge is 2.30. The van der Waals surface area contributed by atoms with Crippen LogP contribution in [-0.2, 0) is 6.42 Å². The maximum atomic E-state index is 13.1. The van der Waals surface area contributed by atoms with Gasteiger partial charge in [0.05, 0.1) is 26.2 Å². The molecule has 7 heteroatoms. The predicted molar refractivity (Wildman–Crippen MR) is 135 cm³/mol. The minimum atomic E-state index is -0.483. The third-order valence-corrected chi connectivity index (χ3v) is 7.07. The van der Waals surface area contributed by atoms with Crippen molar-refractivity contribution in [1.29, 1.82) is 0 Å². The van der Waals surface area contributed by atoms with Gasteiger partial charge < -0.3 is 19.9 Å². The molecule has 3 aromatic rings. The monoisotopic (exact) mass is 477 g/mol. The SMILES string of the molecule is COc1cc2c(c(OC)c1OC)-c1ccc(SC)c(=O)cc1C(c1cccc(C(N)=O)c1)CC2. The molecule has 0 saturated heterocycles. The number of nitrogens with two attached hydrogens (primary N) is 1. The molecule has 1 aliphatic carbocycles. The summed E-state index contributed by atoms with van der Waals surface area (Å²) in [5.41, 5.74) is 10.5. The summed E-state index contributed by atoms with van der Waals surface area (Å²) in [5.74, 6) is 1.04. The van der Waals surface area contributed by atoms with E-state index in [1.165, 1.54) is 11.8 Å². The van der Waals surface area contributed by atoms with E-state index in [0.29, 0.717) is 34.1 Å². The summed E-state index contributed by atoms with van der Waals surface area (Å²) < 4.78 is 17.1. The van der Waals surface area contributed by atoms with Gasteiger partial charge in [0.25, 0.3) is 0 Å². The van der Waals surface area contributed by atoms with Crippen molar-refractivity contribution in [2.75, 3.05) is 27.6 Å². The van der Waals surface area contributed by atoms with Crippen LogP contribution in [0.15, 0.2) is 58.2 Å². The molecule has 4 rings (SSSR count). The Bertz CT molecular complexity index is 1320. The largest absolute Gasteiger partial charge is 0.493 e. The van der Waals surface area contributed by atoms with E-state index in [2.05, 4.69) is 0 Å². The number of amides is 1. The molecule has 3 aromatic carbocycles. The van der Waals surface area contributed by atoms with Gasteiger partial charge in [0, 0.05) is 17.0 Å². The molecule has 1 aliphatic rings. The van der Waals surface area contributed by atoms with E-state index in [1.807, 2.05) is 42.7 Å². The molecule has 34 heavy (non-hydrogen) atoms. The summed E-state index contributed by atoms with van der Waals surface area (Å²) in [6.45, 7) is 0. The van der Waals surface area contributed by atoms with E-state index >= 15 is 0 Å². The van der Waals surface area contributed by atoms with Crippen molar-refractivity contribution in [3.63, 3.8) is 0 Å². The number of fused-ring (bicyclic) bond motifs is 3. The molecule has 0 bridgehead atoms. The first-order valence-corrected chi connectivity index (χ1v) is 12.1. The van der Waals surface area contributed by atoms with Crippen molar-refractivity contribution >= 4 is 17.7 Å². The minimum absolute atomic E-state index is 0.0484. The maximum Gasteiger partial charge on any atom is 0.248 e. The molecule has 0 aromatic heterocycles. The van der Waals surface area contributed by atoms with Crippen LogP contribution in [0, 0.1) is 0 Å². The van der Waals surface area contributed by atoms with Gasteiger partial charge in [-0.15, -0.1) is 11.8 Å². The second-order valence-corrected chi connectivity index (χ2v) is 8.89. The van der Waals surface area contributed by atoms with Crippen LogP contribution in [0.3, 0.4) is 0 Å². The number of carbonyl (C=O) groups is 1. The fraction of sp³-hybridized carbons (Fsp3) is 0.259. The number of benzene rings is 2. The summed E-state index contributed by atoms with van der Waals surface area (Å²) in [5, 5.41) is 0. The lowest BCUT2D eigenvalue weighted by molar-refractivity contribution is 0.1000. The summed E-state index contributed by atoms with van der Waals surface area (Å²) in [6, 6.07) is 14.8. The Hall–Kier alpha value is -3.45. The first kappa shape index (κ1) is 23.7. The fourth-order valence-electron chi connectivity index (χ4n) is 4.72. The van der Waals surface area contributed by atoms with E-state index < -0.39 is 5.91 Å². The Morgan fingerprint density at radius 1 is 1.00 bits per heavy atom. The number of rotatable bonds is 6. The Kier molecular flexibility index (Phi) is 6.84. The lowest BCUT2D eigenvalue weighted by atomic mass is 9.86. The number of methoxy groups -OCH3 is 3. The third kappa shape index (κ3) is 4.12. The number of hydrogen-bond donors (Lipinski definition) is 1. The van der Waals surface area contributed by atoms with E-state index in [0.717, 1.165) is 34.2 Å². The van der Waals surface area contributed by atoms with Gasteiger partial charge >= 0.3 is 0 Å². The van der Waals surface area contributed by atoms with Gasteiger partial charge in [-0.25, -0.2) is 0 Å². The Morgan fingerprint density at radius 2 is 1.76 bits per heavy atom. The number of hydrogen-bond acceptors (Lipinski definition) is 6. The first-order chi connectivity index (χ1) is 16.4. The van der Waals surface area contributed by atoms with Crippen molar-refractivity contribution in [3.05, 3.63) is 81.0 Å². The molecule has 1 unspecified atom stereocenters. The van der Waals surface area contributed by atoms with Crippen LogP contribution in [0.2, 0.25) is 0 Å². The normalized spacial score (nSPS) is 14.4. The predicted octanol–water partition coefficient (Wildman–Crippen LogP) is 4.64. The molecular formula is C27H27NO5S. The highest BCUT2D eigenvalue weighted by molar-refractivity contribution is 7.98. The fourth-order valence-corrected chi connectivity index (χ4v) is 5.19. The van der Waals surface area contributed by atoms with Crippen molar-refractivity contribution in [3.8, 4) is 28.4 Å². The molecule has 0 fully saturated rings. The molecule has 0 radical (unpaired) electrons. The van der Waals surface area contributed by atoms with Crippen molar-refractivity contribution in [2.45, 2.75) is 23.7 Å². The second kappa shape index (κ2) is 9.81. The second-order valence-electron chi connectivity index (χ2n) is 8.04. The van der Waals surface area contributed by atoms with Crippen LogP contribution in [0.25, 0.3) is 11.1 Å². The van der Waals surface area contributed by atoms with Crippen LogP contribution in [-0.4, -0.2) is 33.5 Å². The van der Waals surface area contributed by atoms with Crippen LogP contribution in [0.5, 0.6) is 17.2 Å². The molecule has 6 nitrogen and oxygen atoms in total. The van der Waals surface area contributed by atoms with Crippen LogP contribution < -0.4 is 25.4 Å². The quantitative estimate of drug-likeness (QED) is 0.521. The Labute approximate surface area is 203 Å². The number of carbonyl (C=O) groups excluding carboxylic acids is 1. The smallest absolute Gasteiger partial charge is 0.248 e. The summed E-state index contributed by atoms with van der Waals surface area (Å²) in [7, 11) is 4.78. The van der Waals surface area contributed by atoms with Gasteiger partial charge in [0.1, 0.15) is 0 Å². The maximum absolute atomic E-state index is 13.1. The van der Waals surface area contributed by atoms with Gasteiger partial charge in [-0.05, 0) is 71.7 Å². The van der Waals surface area contributed by atoms with Gasteiger partial charge in [-0.3, -0.25) is 9.59 Å². The third-order valence-electron chi connectivity index (χ3n) is 6.29. The van der Waals surface area contributed by atoms with E-state index in [9.17, 15) is 9.59 Å². The number of primary amides is 1. The lowest BCUT2D eigenvalue weighted by Gasteiger charge is -2.20. The van der Waals surface area contributed by atoms with Crippen LogP contribution in [0.1, 0.15) is 39.4 Å². The Balaban J connectivity index is 2.08. The topological polar surface area (TPSA) is 87.8 Å². The first-order valence-electron chi connectivity index (χ1n) is 10.9. The van der Waals surface area contributed by atoms with E-state index in [-0.39, 0.29) is 11.3 Å². The van der Waals surface area contributed by atoms with E-state index in [4.69, 9.17) is 19.9 Å². The Morgan fingerprint density at radius 3 is 2.41 bits per heavy atom. The molecule has 0 saturated carbocycles. The summed E-state index contributed by atoms with van der Waals surface area (Å²) >= 11 is 1.41. The van der Waals surface area contributed by atoms with Gasteiger partial charge in [0.2, 0.25) is 11.7 Å². The van der Waals surface area contributed by atoms with Gasteiger partial charge in [0.15, 0.2) is 16.9 Å². The van der Waals surface area contributed by atoms with Crippen molar-refractivity contribution in [2.24, 2.45) is 5.73 Å². The van der Waals surface area contributed by atoms with E-state index in [1.54, 1.807) is 33.5 Å². The summed E-state index contributed by atoms with van der Waals surface area (Å²) in [4.78, 5) is 25.6. The number of thioether (sulfide) groups is 1. The molecule has 176 valence electrons. The number of ether oxygens (including phenoxy) is 3. The molecule has 1 atom stereocenters. The van der Waals surface area contributed by atoms with Crippen molar-refractivity contribution in [1.82, 2.24) is 0 Å². The molecule has 1 amide bonds. The molecule has 2 N–H and O–H groups in total. The highest BCUT2D eigenvalue weighted by Crippen LogP contribution is 2.51. The molecular weight excluding hydrogens is 450 g/mol. The molecule has 0 aliphatic heterocycles. The lowest BCUT2D eigenvalue weighted by Crippen LogP contribution is -2.12. The van der Waals surface area contributed by atoms with Crippen LogP contribution in [0.4, 0.5) is 0 Å². The summed E-state index contributed by atoms with van der Waals surface area (Å²) in [6.07, 6.45) is 3.32. The van der Waals surface area contributed by atoms with Crippen molar-refractivity contribution < 1.29 is 19.0 Å². The van der Waals surface area contributed by atoms with Gasteiger partial charge in [-0.2, -0.15) is 0 Å². The molecule has 0 spiro atoms.